The van der Waals surface area contributed by atoms with Gasteiger partial charge in [-0.3, -0.25) is 14.9 Å². The summed E-state index contributed by atoms with van der Waals surface area (Å²) >= 11 is 3.12. The quantitative estimate of drug-likeness (QED) is 0.673. The van der Waals surface area contributed by atoms with Crippen molar-refractivity contribution in [1.82, 2.24) is 9.55 Å². The molecule has 0 aliphatic carbocycles. The molecule has 0 unspecified atom stereocenters. The number of aromatic nitrogens is 2. The number of nitrogens with one attached hydrogen (secondary N) is 1. The average molecular weight is 353 g/mol. The molecule has 0 fully saturated rings. The summed E-state index contributed by atoms with van der Waals surface area (Å²) < 4.78 is 1.50. The van der Waals surface area contributed by atoms with E-state index in [0.29, 0.717) is 11.4 Å². The second-order valence-corrected chi connectivity index (χ2v) is 5.24. The van der Waals surface area contributed by atoms with Gasteiger partial charge in [-0.25, -0.2) is 4.98 Å². The molecule has 0 bridgehead atoms. The van der Waals surface area contributed by atoms with Gasteiger partial charge in [-0.1, -0.05) is 6.07 Å². The zero-order chi connectivity index (χ0) is 15.6. The summed E-state index contributed by atoms with van der Waals surface area (Å²) in [6, 6.07) is 3.59. The van der Waals surface area contributed by atoms with E-state index < -0.39 is 4.92 Å². The Morgan fingerprint density at radius 3 is 2.71 bits per heavy atom. The van der Waals surface area contributed by atoms with Gasteiger partial charge in [-0.15, -0.1) is 0 Å². The predicted molar refractivity (Wildman–Crippen MR) is 82.7 cm³/mol. The van der Waals surface area contributed by atoms with E-state index in [2.05, 4.69) is 26.2 Å². The van der Waals surface area contributed by atoms with Crippen LogP contribution in [0, 0.1) is 17.0 Å². The molecule has 0 atom stereocenters. The second kappa shape index (κ2) is 6.04. The minimum absolute atomic E-state index is 0.0960. The van der Waals surface area contributed by atoms with Crippen LogP contribution >= 0.6 is 15.9 Å². The Bertz CT molecular complexity index is 740. The Morgan fingerprint density at radius 1 is 1.48 bits per heavy atom. The predicted octanol–water partition coefficient (Wildman–Crippen LogP) is 2.31. The summed E-state index contributed by atoms with van der Waals surface area (Å²) in [5, 5.41) is 13.9. The number of halogens is 1. The van der Waals surface area contributed by atoms with Gasteiger partial charge in [0, 0.05) is 18.8 Å². The number of nitrogens with zero attached hydrogens (tertiary/aromatic N) is 3. The van der Waals surface area contributed by atoms with E-state index in [1.165, 1.54) is 17.7 Å². The number of hydrogen-bond acceptors (Lipinski definition) is 5. The lowest BCUT2D eigenvalue weighted by Crippen LogP contribution is -2.22. The highest BCUT2D eigenvalue weighted by molar-refractivity contribution is 9.10. The molecule has 0 saturated carbocycles. The minimum Gasteiger partial charge on any atom is -0.373 e. The summed E-state index contributed by atoms with van der Waals surface area (Å²) in [6.07, 6.45) is 2.88. The summed E-state index contributed by atoms with van der Waals surface area (Å²) in [7, 11) is 1.76. The molecular formula is C13H13BrN4O3. The maximum atomic E-state index is 12.2. The molecule has 0 amide bonds. The van der Waals surface area contributed by atoms with Crippen molar-refractivity contribution in [2.24, 2.45) is 0 Å². The van der Waals surface area contributed by atoms with Crippen molar-refractivity contribution >= 4 is 27.4 Å². The molecule has 21 heavy (non-hydrogen) atoms. The van der Waals surface area contributed by atoms with Crippen molar-refractivity contribution < 1.29 is 4.92 Å². The molecular weight excluding hydrogens is 340 g/mol. The molecule has 2 aromatic rings. The fourth-order valence-corrected chi connectivity index (χ4v) is 2.30. The van der Waals surface area contributed by atoms with Crippen LogP contribution in [-0.2, 0) is 6.54 Å². The Kier molecular flexibility index (Phi) is 4.37. The fourth-order valence-electron chi connectivity index (χ4n) is 1.87. The van der Waals surface area contributed by atoms with Crippen LogP contribution in [0.25, 0.3) is 0 Å². The molecule has 0 aliphatic rings. The first-order valence-electron chi connectivity index (χ1n) is 6.10. The van der Waals surface area contributed by atoms with Gasteiger partial charge in [0.05, 0.1) is 22.1 Å². The number of nitro groups is 1. The molecule has 1 N–H and O–H groups in total. The first-order chi connectivity index (χ1) is 9.93. The number of anilines is 1. The van der Waals surface area contributed by atoms with Crippen LogP contribution in [0.5, 0.6) is 0 Å². The highest BCUT2D eigenvalue weighted by Crippen LogP contribution is 2.22. The molecule has 0 saturated heterocycles. The molecule has 2 heterocycles. The lowest BCUT2D eigenvalue weighted by atomic mass is 10.2. The van der Waals surface area contributed by atoms with E-state index in [9.17, 15) is 14.9 Å². The monoisotopic (exact) mass is 352 g/mol. The lowest BCUT2D eigenvalue weighted by Gasteiger charge is -2.09. The molecule has 8 heteroatoms. The van der Waals surface area contributed by atoms with Crippen LogP contribution in [0.1, 0.15) is 11.1 Å². The van der Waals surface area contributed by atoms with Gasteiger partial charge in [0.2, 0.25) is 0 Å². The van der Waals surface area contributed by atoms with Gasteiger partial charge in [0.15, 0.2) is 0 Å². The van der Waals surface area contributed by atoms with Crippen LogP contribution in [0.4, 0.5) is 11.5 Å². The molecule has 0 spiro atoms. The molecule has 0 aliphatic heterocycles. The molecule has 110 valence electrons. The standard InChI is InChI=1S/C13H13BrN4O3/c1-8-10(18(20)21)7-17(13(19)12(8)14)6-9-3-4-11(15-2)16-5-9/h3-5,7H,6H2,1-2H3,(H,15,16). The number of hydrogen-bond donors (Lipinski definition) is 1. The van der Waals surface area contributed by atoms with Gasteiger partial charge in [0.25, 0.3) is 11.2 Å². The van der Waals surface area contributed by atoms with Crippen molar-refractivity contribution in [3.63, 3.8) is 0 Å². The normalized spacial score (nSPS) is 10.4. The van der Waals surface area contributed by atoms with Gasteiger partial charge in [0.1, 0.15) is 5.82 Å². The van der Waals surface area contributed by atoms with Crippen molar-refractivity contribution in [1.29, 1.82) is 0 Å². The average Bonchev–Trinajstić information content (AvgIpc) is 2.48. The van der Waals surface area contributed by atoms with Gasteiger partial charge in [-0.2, -0.15) is 0 Å². The molecule has 7 nitrogen and oxygen atoms in total. The van der Waals surface area contributed by atoms with Crippen LogP contribution < -0.4 is 10.9 Å². The molecule has 0 radical (unpaired) electrons. The maximum Gasteiger partial charge on any atom is 0.289 e. The third-order valence-electron chi connectivity index (χ3n) is 3.07. The van der Waals surface area contributed by atoms with E-state index >= 15 is 0 Å². The lowest BCUT2D eigenvalue weighted by molar-refractivity contribution is -0.386. The van der Waals surface area contributed by atoms with Crippen molar-refractivity contribution in [3.8, 4) is 0 Å². The summed E-state index contributed by atoms with van der Waals surface area (Å²) in [6.45, 7) is 1.76. The van der Waals surface area contributed by atoms with Gasteiger partial charge in [-0.05, 0) is 34.5 Å². The fraction of sp³-hybridized carbons (Fsp3) is 0.231. The SMILES string of the molecule is CNc1ccc(Cn2cc([N+](=O)[O-])c(C)c(Br)c2=O)cn1. The highest BCUT2D eigenvalue weighted by Gasteiger charge is 2.18. The van der Waals surface area contributed by atoms with Gasteiger partial charge < -0.3 is 9.88 Å². The van der Waals surface area contributed by atoms with Crippen LogP contribution in [0.2, 0.25) is 0 Å². The van der Waals surface area contributed by atoms with E-state index in [-0.39, 0.29) is 22.3 Å². The molecule has 0 aromatic carbocycles. The number of pyridine rings is 2. The van der Waals surface area contributed by atoms with E-state index in [0.717, 1.165) is 5.56 Å². The van der Waals surface area contributed by atoms with Crippen LogP contribution in [-0.4, -0.2) is 21.5 Å². The third kappa shape index (κ3) is 3.10. The van der Waals surface area contributed by atoms with E-state index in [1.807, 2.05) is 6.07 Å². The zero-order valence-electron chi connectivity index (χ0n) is 11.5. The second-order valence-electron chi connectivity index (χ2n) is 4.45. The minimum atomic E-state index is -0.502. The highest BCUT2D eigenvalue weighted by atomic mass is 79.9. The van der Waals surface area contributed by atoms with E-state index in [1.54, 1.807) is 19.3 Å². The van der Waals surface area contributed by atoms with Crippen molar-refractivity contribution in [2.75, 3.05) is 12.4 Å². The Labute approximate surface area is 128 Å². The van der Waals surface area contributed by atoms with Crippen LogP contribution in [0.15, 0.2) is 33.8 Å². The largest absolute Gasteiger partial charge is 0.373 e. The Morgan fingerprint density at radius 2 is 2.19 bits per heavy atom. The molecule has 2 rings (SSSR count). The number of rotatable bonds is 4. The van der Waals surface area contributed by atoms with Crippen LogP contribution in [0.3, 0.4) is 0 Å². The summed E-state index contributed by atoms with van der Waals surface area (Å²) in [4.78, 5) is 26.8. The smallest absolute Gasteiger partial charge is 0.289 e. The summed E-state index contributed by atoms with van der Waals surface area (Å²) in [5.41, 5.74) is 0.697. The van der Waals surface area contributed by atoms with Gasteiger partial charge >= 0.3 is 0 Å². The Hall–Kier alpha value is -2.22. The van der Waals surface area contributed by atoms with E-state index in [4.69, 9.17) is 0 Å². The molecule has 2 aromatic heterocycles. The zero-order valence-corrected chi connectivity index (χ0v) is 13.0. The maximum absolute atomic E-state index is 12.2. The van der Waals surface area contributed by atoms with Crippen molar-refractivity contribution in [2.45, 2.75) is 13.5 Å². The third-order valence-corrected chi connectivity index (χ3v) is 4.00. The first kappa shape index (κ1) is 15.2. The summed E-state index contributed by atoms with van der Waals surface area (Å²) in [5.74, 6) is 0.710. The first-order valence-corrected chi connectivity index (χ1v) is 6.90. The van der Waals surface area contributed by atoms with Crippen molar-refractivity contribution in [3.05, 3.63) is 60.6 Å². The topological polar surface area (TPSA) is 90.1 Å². The Balaban J connectivity index is 2.43.